The van der Waals surface area contributed by atoms with Gasteiger partial charge in [0, 0.05) is 62.9 Å². The Balaban J connectivity index is 1.78. The molecule has 7 heteroatoms. The molecule has 0 aliphatic rings. The van der Waals surface area contributed by atoms with Crippen molar-refractivity contribution in [2.45, 2.75) is 13.8 Å². The summed E-state index contributed by atoms with van der Waals surface area (Å²) < 4.78 is 5.45. The summed E-state index contributed by atoms with van der Waals surface area (Å²) in [6.07, 6.45) is 0. The van der Waals surface area contributed by atoms with Gasteiger partial charge < -0.3 is 19.5 Å². The highest BCUT2D eigenvalue weighted by Gasteiger charge is 2.13. The second kappa shape index (κ2) is 9.47. The summed E-state index contributed by atoms with van der Waals surface area (Å²) in [4.78, 5) is 39.0. The molecular formula is C24H27N3O4. The predicted molar refractivity (Wildman–Crippen MR) is 122 cm³/mol. The van der Waals surface area contributed by atoms with Crippen molar-refractivity contribution in [1.82, 2.24) is 10.2 Å². The number of likely N-dealkylation sites (N-methyl/N-ethyl adjacent to an activating group) is 2. The highest BCUT2D eigenvalue weighted by molar-refractivity contribution is 5.95. The number of rotatable bonds is 7. The average molecular weight is 421 g/mol. The molecule has 0 saturated heterocycles. The van der Waals surface area contributed by atoms with Gasteiger partial charge in [-0.15, -0.1) is 0 Å². The van der Waals surface area contributed by atoms with E-state index >= 15 is 0 Å². The minimum atomic E-state index is -0.419. The first-order valence-electron chi connectivity index (χ1n) is 10.1. The lowest BCUT2D eigenvalue weighted by atomic mass is 9.98. The highest BCUT2D eigenvalue weighted by Crippen LogP contribution is 2.31. The lowest BCUT2D eigenvalue weighted by Gasteiger charge is -2.20. The normalized spacial score (nSPS) is 10.7. The Labute approximate surface area is 181 Å². The van der Waals surface area contributed by atoms with Gasteiger partial charge in [0.05, 0.1) is 6.54 Å². The first-order chi connectivity index (χ1) is 14.8. The number of anilines is 1. The van der Waals surface area contributed by atoms with Crippen LogP contribution in [0, 0.1) is 6.92 Å². The molecule has 0 radical (unpaired) electrons. The minimum absolute atomic E-state index is 0.0471. The van der Waals surface area contributed by atoms with Crippen LogP contribution in [0.15, 0.2) is 57.7 Å². The van der Waals surface area contributed by atoms with Crippen LogP contribution in [0.25, 0.3) is 22.1 Å². The van der Waals surface area contributed by atoms with Crippen molar-refractivity contribution in [2.75, 3.05) is 38.6 Å². The number of aryl methyl sites for hydroxylation is 1. The van der Waals surface area contributed by atoms with Gasteiger partial charge >= 0.3 is 5.63 Å². The molecule has 2 amide bonds. The molecule has 162 valence electrons. The lowest BCUT2D eigenvalue weighted by Crippen LogP contribution is -2.39. The van der Waals surface area contributed by atoms with Gasteiger partial charge in [-0.1, -0.05) is 24.3 Å². The maximum absolute atomic E-state index is 12.2. The van der Waals surface area contributed by atoms with Crippen molar-refractivity contribution in [1.29, 1.82) is 0 Å². The molecule has 1 heterocycles. The van der Waals surface area contributed by atoms with E-state index in [9.17, 15) is 14.4 Å². The fourth-order valence-electron chi connectivity index (χ4n) is 3.37. The topological polar surface area (TPSA) is 82.9 Å². The molecule has 7 nitrogen and oxygen atoms in total. The molecule has 0 bridgehead atoms. The third-order valence-corrected chi connectivity index (χ3v) is 5.29. The van der Waals surface area contributed by atoms with E-state index < -0.39 is 5.63 Å². The van der Waals surface area contributed by atoms with E-state index in [2.05, 4.69) is 5.32 Å². The van der Waals surface area contributed by atoms with E-state index in [1.807, 2.05) is 43.3 Å². The first kappa shape index (κ1) is 22.1. The van der Waals surface area contributed by atoms with Crippen LogP contribution < -0.4 is 15.8 Å². The second-order valence-electron chi connectivity index (χ2n) is 7.62. The van der Waals surface area contributed by atoms with Gasteiger partial charge in [0.1, 0.15) is 5.58 Å². The van der Waals surface area contributed by atoms with E-state index in [-0.39, 0.29) is 18.4 Å². The highest BCUT2D eigenvalue weighted by atomic mass is 16.4. The molecule has 0 saturated carbocycles. The average Bonchev–Trinajstić information content (AvgIpc) is 2.72. The molecule has 1 aromatic heterocycles. The summed E-state index contributed by atoms with van der Waals surface area (Å²) in [5, 5.41) is 3.64. The first-order valence-corrected chi connectivity index (χ1v) is 10.1. The van der Waals surface area contributed by atoms with Crippen LogP contribution in [-0.2, 0) is 9.59 Å². The van der Waals surface area contributed by atoms with Gasteiger partial charge in [0.2, 0.25) is 11.8 Å². The number of amides is 2. The number of fused-ring (bicyclic) bond motifs is 1. The maximum atomic E-state index is 12.2. The van der Waals surface area contributed by atoms with Crippen LogP contribution in [0.2, 0.25) is 0 Å². The summed E-state index contributed by atoms with van der Waals surface area (Å²) >= 11 is 0. The number of nitrogens with one attached hydrogen (secondary N) is 1. The molecule has 0 fully saturated rings. The van der Waals surface area contributed by atoms with Gasteiger partial charge in [0.25, 0.3) is 0 Å². The fourth-order valence-corrected chi connectivity index (χ4v) is 3.37. The van der Waals surface area contributed by atoms with Crippen LogP contribution in [0.5, 0.6) is 0 Å². The maximum Gasteiger partial charge on any atom is 0.336 e. The van der Waals surface area contributed by atoms with Gasteiger partial charge in [-0.2, -0.15) is 0 Å². The molecule has 31 heavy (non-hydrogen) atoms. The van der Waals surface area contributed by atoms with E-state index in [4.69, 9.17) is 4.42 Å². The Morgan fingerprint density at radius 3 is 2.48 bits per heavy atom. The van der Waals surface area contributed by atoms with Crippen LogP contribution in [0.4, 0.5) is 5.69 Å². The zero-order chi connectivity index (χ0) is 22.5. The van der Waals surface area contributed by atoms with E-state index in [0.29, 0.717) is 18.7 Å². The molecule has 3 aromatic rings. The number of hydrogen-bond acceptors (Lipinski definition) is 5. The number of hydrogen-bond donors (Lipinski definition) is 1. The Kier molecular flexibility index (Phi) is 6.74. The van der Waals surface area contributed by atoms with Crippen LogP contribution in [0.1, 0.15) is 12.5 Å². The minimum Gasteiger partial charge on any atom is -0.423 e. The Bertz CT molecular complexity index is 1170. The van der Waals surface area contributed by atoms with Crippen molar-refractivity contribution in [3.05, 3.63) is 64.5 Å². The SMILES string of the molecule is CC(=O)N(C)CCNC(=O)CN(C)c1ccc2c(-c3ccccc3C)cc(=O)oc2c1. The molecular weight excluding hydrogens is 394 g/mol. The fraction of sp³-hybridized carbons (Fsp3) is 0.292. The van der Waals surface area contributed by atoms with Crippen LogP contribution in [-0.4, -0.2) is 50.4 Å². The summed E-state index contributed by atoms with van der Waals surface area (Å²) in [5.41, 5.74) is 3.69. The summed E-state index contributed by atoms with van der Waals surface area (Å²) in [7, 11) is 3.49. The number of nitrogens with zero attached hydrogens (tertiary/aromatic N) is 2. The molecule has 1 N–H and O–H groups in total. The van der Waals surface area contributed by atoms with E-state index in [0.717, 1.165) is 27.8 Å². The number of carbonyl (C=O) groups is 2. The van der Waals surface area contributed by atoms with Gasteiger partial charge in [-0.3, -0.25) is 9.59 Å². The standard InChI is InChI=1S/C24H27N3O4/c1-16-7-5-6-8-19(16)21-14-24(30)31-22-13-18(9-10-20(21)22)27(4)15-23(29)25-11-12-26(3)17(2)28/h5-10,13-14H,11-12,15H2,1-4H3,(H,25,29). The molecule has 0 atom stereocenters. The van der Waals surface area contributed by atoms with Gasteiger partial charge in [0.15, 0.2) is 0 Å². The summed E-state index contributed by atoms with van der Waals surface area (Å²) in [6.45, 7) is 4.46. The molecule has 0 unspecified atom stereocenters. The molecule has 0 spiro atoms. The number of carbonyl (C=O) groups excluding carboxylic acids is 2. The Morgan fingerprint density at radius 1 is 1.03 bits per heavy atom. The van der Waals surface area contributed by atoms with Crippen molar-refractivity contribution in [3.63, 3.8) is 0 Å². The molecule has 0 aliphatic heterocycles. The van der Waals surface area contributed by atoms with Crippen molar-refractivity contribution >= 4 is 28.5 Å². The number of benzene rings is 2. The predicted octanol–water partition coefficient (Wildman–Crippen LogP) is 2.80. The lowest BCUT2D eigenvalue weighted by molar-refractivity contribution is -0.128. The summed E-state index contributed by atoms with van der Waals surface area (Å²) in [5.74, 6) is -0.205. The third kappa shape index (κ3) is 5.31. The molecule has 0 aliphatic carbocycles. The molecule has 3 rings (SSSR count). The van der Waals surface area contributed by atoms with Crippen LogP contribution in [0.3, 0.4) is 0 Å². The van der Waals surface area contributed by atoms with Crippen molar-refractivity contribution < 1.29 is 14.0 Å². The monoisotopic (exact) mass is 421 g/mol. The van der Waals surface area contributed by atoms with E-state index in [1.165, 1.54) is 13.0 Å². The Morgan fingerprint density at radius 2 is 1.77 bits per heavy atom. The van der Waals surface area contributed by atoms with Crippen LogP contribution >= 0.6 is 0 Å². The van der Waals surface area contributed by atoms with E-state index in [1.54, 1.807) is 30.0 Å². The molecule has 2 aromatic carbocycles. The largest absolute Gasteiger partial charge is 0.423 e. The van der Waals surface area contributed by atoms with Crippen molar-refractivity contribution in [3.8, 4) is 11.1 Å². The smallest absolute Gasteiger partial charge is 0.336 e. The quantitative estimate of drug-likeness (QED) is 0.593. The third-order valence-electron chi connectivity index (χ3n) is 5.29. The van der Waals surface area contributed by atoms with Gasteiger partial charge in [-0.25, -0.2) is 4.79 Å². The Hall–Kier alpha value is -3.61. The zero-order valence-electron chi connectivity index (χ0n) is 18.3. The zero-order valence-corrected chi connectivity index (χ0v) is 18.3. The van der Waals surface area contributed by atoms with Gasteiger partial charge in [-0.05, 0) is 30.2 Å². The summed E-state index contributed by atoms with van der Waals surface area (Å²) in [6, 6.07) is 15.0. The van der Waals surface area contributed by atoms with Crippen molar-refractivity contribution in [2.24, 2.45) is 0 Å². The second-order valence-corrected chi connectivity index (χ2v) is 7.62.